The lowest BCUT2D eigenvalue weighted by Crippen LogP contribution is -2.02. The van der Waals surface area contributed by atoms with E-state index in [0.29, 0.717) is 11.7 Å². The Kier molecular flexibility index (Phi) is 7.83. The second kappa shape index (κ2) is 8.02. The molecular weight excluding hydrogens is 172 g/mol. The second-order valence-corrected chi connectivity index (χ2v) is 5.13. The molecule has 0 rings (SSSR count). The average molecular weight is 198 g/mol. The summed E-state index contributed by atoms with van der Waals surface area (Å²) in [4.78, 5) is 11.4. The molecule has 0 N–H and O–H groups in total. The molecule has 0 radical (unpaired) electrons. The van der Waals surface area contributed by atoms with Crippen molar-refractivity contribution in [3.05, 3.63) is 0 Å². The third-order valence-electron chi connectivity index (χ3n) is 2.37. The highest BCUT2D eigenvalue weighted by Gasteiger charge is 2.04. The third kappa shape index (κ3) is 9.76. The third-order valence-corrected chi connectivity index (χ3v) is 2.37. The van der Waals surface area contributed by atoms with Crippen molar-refractivity contribution >= 4 is 5.78 Å². The molecule has 0 aliphatic heterocycles. The van der Waals surface area contributed by atoms with Crippen molar-refractivity contribution in [2.24, 2.45) is 11.8 Å². The van der Waals surface area contributed by atoms with Crippen molar-refractivity contribution in [1.29, 1.82) is 0 Å². The highest BCUT2D eigenvalue weighted by molar-refractivity contribution is 5.78. The van der Waals surface area contributed by atoms with E-state index in [0.717, 1.165) is 25.2 Å². The lowest BCUT2D eigenvalue weighted by molar-refractivity contribution is -0.119. The zero-order valence-corrected chi connectivity index (χ0v) is 10.3. The van der Waals surface area contributed by atoms with Gasteiger partial charge >= 0.3 is 0 Å². The maximum absolute atomic E-state index is 11.4. The molecule has 0 saturated heterocycles. The lowest BCUT2D eigenvalue weighted by Gasteiger charge is -2.05. The number of hydrogen-bond donors (Lipinski definition) is 0. The molecule has 0 aromatic heterocycles. The van der Waals surface area contributed by atoms with E-state index in [1.54, 1.807) is 0 Å². The summed E-state index contributed by atoms with van der Waals surface area (Å²) in [6, 6.07) is 0. The van der Waals surface area contributed by atoms with Gasteiger partial charge in [-0.15, -0.1) is 0 Å². The molecule has 0 saturated carbocycles. The van der Waals surface area contributed by atoms with Gasteiger partial charge in [-0.05, 0) is 18.3 Å². The molecule has 84 valence electrons. The highest BCUT2D eigenvalue weighted by atomic mass is 16.1. The van der Waals surface area contributed by atoms with Gasteiger partial charge in [-0.2, -0.15) is 0 Å². The molecule has 1 nitrogen and oxygen atoms in total. The number of ketones is 1. The first-order valence-electron chi connectivity index (χ1n) is 6.04. The zero-order chi connectivity index (χ0) is 11.0. The first-order valence-corrected chi connectivity index (χ1v) is 6.04. The fourth-order valence-corrected chi connectivity index (χ4v) is 1.61. The van der Waals surface area contributed by atoms with Crippen molar-refractivity contribution in [2.45, 2.75) is 66.2 Å². The number of carbonyl (C=O) groups is 1. The molecule has 0 bridgehead atoms. The standard InChI is InChI=1S/C13H26O/c1-11(2)8-6-5-7-9-13(14)10-12(3)4/h11-12H,5-10H2,1-4H3. The van der Waals surface area contributed by atoms with Crippen LogP contribution in [0.15, 0.2) is 0 Å². The number of Topliss-reactive ketones (excluding diaryl/α,β-unsaturated/α-hetero) is 1. The molecule has 0 amide bonds. The van der Waals surface area contributed by atoms with Crippen molar-refractivity contribution in [3.63, 3.8) is 0 Å². The summed E-state index contributed by atoms with van der Waals surface area (Å²) < 4.78 is 0. The van der Waals surface area contributed by atoms with Gasteiger partial charge in [0, 0.05) is 12.8 Å². The van der Waals surface area contributed by atoms with Crippen LogP contribution < -0.4 is 0 Å². The Balaban J connectivity index is 3.23. The summed E-state index contributed by atoms with van der Waals surface area (Å²) in [7, 11) is 0. The molecule has 14 heavy (non-hydrogen) atoms. The van der Waals surface area contributed by atoms with Crippen molar-refractivity contribution in [1.82, 2.24) is 0 Å². The number of unbranched alkanes of at least 4 members (excludes halogenated alkanes) is 2. The van der Waals surface area contributed by atoms with Crippen molar-refractivity contribution < 1.29 is 4.79 Å². The van der Waals surface area contributed by atoms with Gasteiger partial charge in [0.25, 0.3) is 0 Å². The van der Waals surface area contributed by atoms with E-state index in [9.17, 15) is 4.79 Å². The van der Waals surface area contributed by atoms with Crippen LogP contribution in [0.25, 0.3) is 0 Å². The number of hydrogen-bond acceptors (Lipinski definition) is 1. The normalized spacial score (nSPS) is 11.3. The van der Waals surface area contributed by atoms with Gasteiger partial charge in [-0.25, -0.2) is 0 Å². The average Bonchev–Trinajstić information content (AvgIpc) is 2.01. The van der Waals surface area contributed by atoms with Crippen molar-refractivity contribution in [3.8, 4) is 0 Å². The van der Waals surface area contributed by atoms with Crippen LogP contribution in [-0.2, 0) is 4.79 Å². The Morgan fingerprint density at radius 2 is 1.57 bits per heavy atom. The summed E-state index contributed by atoms with van der Waals surface area (Å²) in [6.45, 7) is 8.72. The highest BCUT2D eigenvalue weighted by Crippen LogP contribution is 2.11. The molecule has 0 aromatic carbocycles. The maximum Gasteiger partial charge on any atom is 0.133 e. The first kappa shape index (κ1) is 13.7. The minimum atomic E-state index is 0.449. The van der Waals surface area contributed by atoms with Gasteiger partial charge in [-0.1, -0.05) is 47.0 Å². The summed E-state index contributed by atoms with van der Waals surface area (Å²) >= 11 is 0. The SMILES string of the molecule is CC(C)CCCCCC(=O)CC(C)C. The van der Waals surface area contributed by atoms with Gasteiger partial charge < -0.3 is 0 Å². The van der Waals surface area contributed by atoms with Crippen LogP contribution >= 0.6 is 0 Å². The Morgan fingerprint density at radius 1 is 0.929 bits per heavy atom. The van der Waals surface area contributed by atoms with Gasteiger partial charge in [0.05, 0.1) is 0 Å². The molecular formula is C13H26O. The summed E-state index contributed by atoms with van der Waals surface area (Å²) in [5, 5.41) is 0. The minimum Gasteiger partial charge on any atom is -0.300 e. The van der Waals surface area contributed by atoms with E-state index in [1.165, 1.54) is 19.3 Å². The van der Waals surface area contributed by atoms with E-state index >= 15 is 0 Å². The van der Waals surface area contributed by atoms with Crippen LogP contribution in [0, 0.1) is 11.8 Å². The predicted octanol–water partition coefficient (Wildman–Crippen LogP) is 4.21. The molecule has 0 fully saturated rings. The topological polar surface area (TPSA) is 17.1 Å². The molecule has 0 atom stereocenters. The van der Waals surface area contributed by atoms with E-state index < -0.39 is 0 Å². The van der Waals surface area contributed by atoms with Crippen LogP contribution in [0.4, 0.5) is 0 Å². The molecule has 0 unspecified atom stereocenters. The molecule has 0 aliphatic rings. The fourth-order valence-electron chi connectivity index (χ4n) is 1.61. The lowest BCUT2D eigenvalue weighted by atomic mass is 10.0. The Hall–Kier alpha value is -0.330. The summed E-state index contributed by atoms with van der Waals surface area (Å²) in [6.07, 6.45) is 6.48. The van der Waals surface area contributed by atoms with Crippen molar-refractivity contribution in [2.75, 3.05) is 0 Å². The van der Waals surface area contributed by atoms with E-state index in [-0.39, 0.29) is 0 Å². The molecule has 0 aromatic rings. The molecule has 0 spiro atoms. The predicted molar refractivity (Wildman–Crippen MR) is 62.4 cm³/mol. The first-order chi connectivity index (χ1) is 6.52. The number of carbonyl (C=O) groups excluding carboxylic acids is 1. The molecule has 1 heteroatoms. The Bertz CT molecular complexity index is 147. The zero-order valence-electron chi connectivity index (χ0n) is 10.3. The van der Waals surface area contributed by atoms with Gasteiger partial charge in [0.2, 0.25) is 0 Å². The fraction of sp³-hybridized carbons (Fsp3) is 0.923. The summed E-state index contributed by atoms with van der Waals surface area (Å²) in [5.74, 6) is 1.78. The van der Waals surface area contributed by atoms with Crippen LogP contribution in [0.5, 0.6) is 0 Å². The van der Waals surface area contributed by atoms with Crippen LogP contribution in [0.3, 0.4) is 0 Å². The number of rotatable bonds is 8. The van der Waals surface area contributed by atoms with Crippen LogP contribution in [-0.4, -0.2) is 5.78 Å². The largest absolute Gasteiger partial charge is 0.300 e. The molecule has 0 aliphatic carbocycles. The maximum atomic E-state index is 11.4. The van der Waals surface area contributed by atoms with Crippen LogP contribution in [0.1, 0.15) is 66.2 Å². The van der Waals surface area contributed by atoms with Gasteiger partial charge in [-0.3, -0.25) is 4.79 Å². The summed E-state index contributed by atoms with van der Waals surface area (Å²) in [5.41, 5.74) is 0. The van der Waals surface area contributed by atoms with E-state index in [1.807, 2.05) is 0 Å². The van der Waals surface area contributed by atoms with E-state index in [4.69, 9.17) is 0 Å². The van der Waals surface area contributed by atoms with Crippen LogP contribution in [0.2, 0.25) is 0 Å². The second-order valence-electron chi connectivity index (χ2n) is 5.13. The Labute approximate surface area is 89.3 Å². The van der Waals surface area contributed by atoms with Gasteiger partial charge in [0.1, 0.15) is 5.78 Å². The minimum absolute atomic E-state index is 0.449. The van der Waals surface area contributed by atoms with Gasteiger partial charge in [0.15, 0.2) is 0 Å². The quantitative estimate of drug-likeness (QED) is 0.534. The Morgan fingerprint density at radius 3 is 2.07 bits per heavy atom. The smallest absolute Gasteiger partial charge is 0.133 e. The van der Waals surface area contributed by atoms with E-state index in [2.05, 4.69) is 27.7 Å². The monoisotopic (exact) mass is 198 g/mol. The molecule has 0 heterocycles.